The van der Waals surface area contributed by atoms with Gasteiger partial charge >= 0.3 is 5.97 Å². The molecule has 1 rings (SSSR count). The summed E-state index contributed by atoms with van der Waals surface area (Å²) >= 11 is 0. The molecule has 0 saturated carbocycles. The molecule has 0 aliphatic heterocycles. The number of methoxy groups -OCH3 is 1. The van der Waals surface area contributed by atoms with E-state index in [2.05, 4.69) is 16.6 Å². The highest BCUT2D eigenvalue weighted by molar-refractivity contribution is 7.89. The van der Waals surface area contributed by atoms with Crippen molar-refractivity contribution in [1.29, 1.82) is 0 Å². The summed E-state index contributed by atoms with van der Waals surface area (Å²) in [6, 6.07) is 4.84. The molecule has 0 fully saturated rings. The highest BCUT2D eigenvalue weighted by Crippen LogP contribution is 2.13. The van der Waals surface area contributed by atoms with Gasteiger partial charge in [-0.1, -0.05) is 6.08 Å². The molecule has 1 amide bonds. The lowest BCUT2D eigenvalue weighted by Gasteiger charge is -2.14. The molecule has 0 aliphatic carbocycles. The molecule has 1 aromatic carbocycles. The summed E-state index contributed by atoms with van der Waals surface area (Å²) in [4.78, 5) is 23.7. The van der Waals surface area contributed by atoms with Crippen molar-refractivity contribution in [2.24, 2.45) is 0 Å². The van der Waals surface area contributed by atoms with Gasteiger partial charge in [-0.2, -0.15) is 0 Å². The molecule has 1 aromatic rings. The number of ether oxygens (including phenoxy) is 2. The molecule has 0 saturated heterocycles. The Kier molecular flexibility index (Phi) is 8.43. The minimum atomic E-state index is -3.73. The van der Waals surface area contributed by atoms with Crippen molar-refractivity contribution in [3.05, 3.63) is 42.5 Å². The van der Waals surface area contributed by atoms with Crippen LogP contribution < -0.4 is 10.0 Å². The van der Waals surface area contributed by atoms with Gasteiger partial charge in [0.15, 0.2) is 6.10 Å². The number of carbonyl (C=O) groups is 2. The average Bonchev–Trinajstić information content (AvgIpc) is 2.59. The summed E-state index contributed by atoms with van der Waals surface area (Å²) in [6.45, 7) is 7.08. The second-order valence-electron chi connectivity index (χ2n) is 5.58. The van der Waals surface area contributed by atoms with E-state index in [1.54, 1.807) is 6.92 Å². The van der Waals surface area contributed by atoms with Crippen LogP contribution in [0.15, 0.2) is 41.8 Å². The second kappa shape index (κ2) is 10.0. The van der Waals surface area contributed by atoms with Crippen LogP contribution in [0.2, 0.25) is 0 Å². The Morgan fingerprint density at radius 1 is 1.23 bits per heavy atom. The Balaban J connectivity index is 2.75. The Morgan fingerprint density at radius 3 is 2.38 bits per heavy atom. The van der Waals surface area contributed by atoms with E-state index in [1.165, 1.54) is 44.4 Å². The van der Waals surface area contributed by atoms with E-state index in [0.29, 0.717) is 0 Å². The first-order valence-corrected chi connectivity index (χ1v) is 9.40. The third-order valence-corrected chi connectivity index (χ3v) is 4.85. The zero-order valence-electron chi connectivity index (χ0n) is 15.0. The quantitative estimate of drug-likeness (QED) is 0.457. The van der Waals surface area contributed by atoms with E-state index in [1.807, 2.05) is 0 Å². The van der Waals surface area contributed by atoms with Gasteiger partial charge in [-0.15, -0.1) is 6.58 Å². The SMILES string of the molecule is C=CCNC(=O)[C@@H](C)OC(=O)c1ccc(S(=O)(=O)N[C@@H](C)COC)cc1. The van der Waals surface area contributed by atoms with Crippen LogP contribution in [0.3, 0.4) is 0 Å². The first-order chi connectivity index (χ1) is 12.2. The second-order valence-corrected chi connectivity index (χ2v) is 7.30. The van der Waals surface area contributed by atoms with E-state index in [-0.39, 0.29) is 23.6 Å². The lowest BCUT2D eigenvalue weighted by atomic mass is 10.2. The summed E-state index contributed by atoms with van der Waals surface area (Å²) in [5.41, 5.74) is 0.136. The van der Waals surface area contributed by atoms with Crippen molar-refractivity contribution in [3.63, 3.8) is 0 Å². The van der Waals surface area contributed by atoms with Gasteiger partial charge in [0.05, 0.1) is 17.1 Å². The fraction of sp³-hybridized carbons (Fsp3) is 0.412. The van der Waals surface area contributed by atoms with Crippen LogP contribution in [0.4, 0.5) is 0 Å². The number of sulfonamides is 1. The molecule has 8 nitrogen and oxygen atoms in total. The largest absolute Gasteiger partial charge is 0.449 e. The third kappa shape index (κ3) is 6.58. The van der Waals surface area contributed by atoms with Crippen molar-refractivity contribution >= 4 is 21.9 Å². The standard InChI is InChI=1S/C17H24N2O6S/c1-5-10-18-16(20)13(3)25-17(21)14-6-8-15(9-7-14)26(22,23)19-12(2)11-24-4/h5-9,12-13,19H,1,10-11H2,2-4H3,(H,18,20)/t12-,13+/m0/s1. The maximum Gasteiger partial charge on any atom is 0.338 e. The molecule has 2 N–H and O–H groups in total. The highest BCUT2D eigenvalue weighted by Gasteiger charge is 2.20. The minimum Gasteiger partial charge on any atom is -0.449 e. The van der Waals surface area contributed by atoms with Crippen molar-refractivity contribution in [2.75, 3.05) is 20.3 Å². The van der Waals surface area contributed by atoms with Gasteiger partial charge in [-0.25, -0.2) is 17.9 Å². The van der Waals surface area contributed by atoms with Crippen molar-refractivity contribution < 1.29 is 27.5 Å². The number of carbonyl (C=O) groups excluding carboxylic acids is 2. The molecule has 0 heterocycles. The molecule has 26 heavy (non-hydrogen) atoms. The van der Waals surface area contributed by atoms with E-state index in [9.17, 15) is 18.0 Å². The average molecular weight is 384 g/mol. The molecule has 9 heteroatoms. The monoisotopic (exact) mass is 384 g/mol. The fourth-order valence-corrected chi connectivity index (χ4v) is 3.21. The summed E-state index contributed by atoms with van der Waals surface area (Å²) < 4.78 is 36.8. The topological polar surface area (TPSA) is 111 Å². The number of benzene rings is 1. The lowest BCUT2D eigenvalue weighted by Crippen LogP contribution is -2.36. The minimum absolute atomic E-state index is 0.00813. The molecule has 2 atom stereocenters. The first kappa shape index (κ1) is 21.8. The number of rotatable bonds is 10. The van der Waals surface area contributed by atoms with Crippen LogP contribution in [-0.4, -0.2) is 52.7 Å². The molecular weight excluding hydrogens is 360 g/mol. The van der Waals surface area contributed by atoms with Gasteiger partial charge < -0.3 is 14.8 Å². The van der Waals surface area contributed by atoms with Crippen LogP contribution in [0, 0.1) is 0 Å². The number of hydrogen-bond donors (Lipinski definition) is 2. The predicted octanol–water partition coefficient (Wildman–Crippen LogP) is 0.847. The third-order valence-electron chi connectivity index (χ3n) is 3.25. The zero-order chi connectivity index (χ0) is 19.7. The summed E-state index contributed by atoms with van der Waals surface area (Å²) in [5.74, 6) is -1.18. The summed E-state index contributed by atoms with van der Waals surface area (Å²) in [7, 11) is -2.25. The number of amides is 1. The fourth-order valence-electron chi connectivity index (χ4n) is 1.99. The first-order valence-electron chi connectivity index (χ1n) is 7.92. The molecule has 0 bridgehead atoms. The zero-order valence-corrected chi connectivity index (χ0v) is 15.8. The van der Waals surface area contributed by atoms with Crippen LogP contribution >= 0.6 is 0 Å². The van der Waals surface area contributed by atoms with E-state index >= 15 is 0 Å². The van der Waals surface area contributed by atoms with Crippen LogP contribution in [0.1, 0.15) is 24.2 Å². The summed E-state index contributed by atoms with van der Waals surface area (Å²) in [6.07, 6.45) is 0.523. The van der Waals surface area contributed by atoms with E-state index in [4.69, 9.17) is 9.47 Å². The maximum atomic E-state index is 12.2. The van der Waals surface area contributed by atoms with Crippen LogP contribution in [0.25, 0.3) is 0 Å². The predicted molar refractivity (Wildman–Crippen MR) is 96.2 cm³/mol. The van der Waals surface area contributed by atoms with Crippen LogP contribution in [-0.2, 0) is 24.3 Å². The molecule has 144 valence electrons. The van der Waals surface area contributed by atoms with E-state index < -0.39 is 34.0 Å². The summed E-state index contributed by atoms with van der Waals surface area (Å²) in [5, 5.41) is 2.51. The molecule has 0 aromatic heterocycles. The molecule has 0 unspecified atom stereocenters. The van der Waals surface area contributed by atoms with Gasteiger partial charge in [0.1, 0.15) is 0 Å². The lowest BCUT2D eigenvalue weighted by molar-refractivity contribution is -0.128. The van der Waals surface area contributed by atoms with Gasteiger partial charge in [-0.3, -0.25) is 4.79 Å². The Morgan fingerprint density at radius 2 is 1.85 bits per heavy atom. The van der Waals surface area contributed by atoms with Crippen molar-refractivity contribution in [1.82, 2.24) is 10.0 Å². The molecule has 0 radical (unpaired) electrons. The molecule has 0 aliphatic rings. The van der Waals surface area contributed by atoms with Gasteiger partial charge in [-0.05, 0) is 38.1 Å². The Hall–Kier alpha value is -2.23. The maximum absolute atomic E-state index is 12.2. The molecular formula is C17H24N2O6S. The number of hydrogen-bond acceptors (Lipinski definition) is 6. The van der Waals surface area contributed by atoms with E-state index in [0.717, 1.165) is 0 Å². The van der Waals surface area contributed by atoms with Gasteiger partial charge in [0.2, 0.25) is 10.0 Å². The Labute approximate surface area is 153 Å². The smallest absolute Gasteiger partial charge is 0.338 e. The van der Waals surface area contributed by atoms with Gasteiger partial charge in [0.25, 0.3) is 5.91 Å². The number of esters is 1. The van der Waals surface area contributed by atoms with Crippen molar-refractivity contribution in [2.45, 2.75) is 30.9 Å². The number of nitrogens with one attached hydrogen (secondary N) is 2. The van der Waals surface area contributed by atoms with Gasteiger partial charge in [0, 0.05) is 19.7 Å². The van der Waals surface area contributed by atoms with Crippen molar-refractivity contribution in [3.8, 4) is 0 Å². The highest BCUT2D eigenvalue weighted by atomic mass is 32.2. The molecule has 0 spiro atoms. The normalized spacial score (nSPS) is 13.5. The Bertz CT molecular complexity index is 730. The van der Waals surface area contributed by atoms with Crippen LogP contribution in [0.5, 0.6) is 0 Å².